The lowest BCUT2D eigenvalue weighted by atomic mass is 9.83. The lowest BCUT2D eigenvalue weighted by Gasteiger charge is -2.48. The first kappa shape index (κ1) is 12.8. The highest BCUT2D eigenvalue weighted by atomic mass is 16.5. The average molecular weight is 242 g/mol. The molecule has 3 saturated heterocycles. The minimum atomic E-state index is -0.738. The van der Waals surface area contributed by atoms with Gasteiger partial charge in [-0.3, -0.25) is 9.69 Å². The summed E-state index contributed by atoms with van der Waals surface area (Å²) >= 11 is 0. The highest BCUT2D eigenvalue weighted by Crippen LogP contribution is 2.30. The third-order valence-electron chi connectivity index (χ3n) is 4.01. The van der Waals surface area contributed by atoms with Crippen molar-refractivity contribution in [2.24, 2.45) is 5.92 Å². The molecule has 0 amide bonds. The second-order valence-electron chi connectivity index (χ2n) is 5.06. The Kier molecular flexibility index (Phi) is 4.36. The minimum Gasteiger partial charge on any atom is -0.480 e. The van der Waals surface area contributed by atoms with Crippen LogP contribution in [0.2, 0.25) is 0 Å². The fourth-order valence-electron chi connectivity index (χ4n) is 3.09. The van der Waals surface area contributed by atoms with Crippen LogP contribution in [0.3, 0.4) is 0 Å². The zero-order chi connectivity index (χ0) is 12.3. The van der Waals surface area contributed by atoms with Crippen LogP contribution < -0.4 is 0 Å². The van der Waals surface area contributed by atoms with Crippen molar-refractivity contribution in [2.45, 2.75) is 18.9 Å². The Morgan fingerprint density at radius 1 is 1.47 bits per heavy atom. The summed E-state index contributed by atoms with van der Waals surface area (Å²) in [5, 5.41) is 8.99. The second kappa shape index (κ2) is 5.80. The molecule has 1 N–H and O–H groups in total. The number of carboxylic acids is 1. The SMILES string of the molecule is COCCN(CC(=O)O)C1CN2CCC1CC2. The smallest absolute Gasteiger partial charge is 0.317 e. The molecule has 0 aromatic rings. The summed E-state index contributed by atoms with van der Waals surface area (Å²) in [5.74, 6) is -0.0613. The number of fused-ring (bicyclic) bond motifs is 3. The van der Waals surface area contributed by atoms with E-state index in [0.29, 0.717) is 18.6 Å². The van der Waals surface area contributed by atoms with Gasteiger partial charge in [0.25, 0.3) is 0 Å². The van der Waals surface area contributed by atoms with Crippen LogP contribution in [0.1, 0.15) is 12.8 Å². The molecule has 3 aliphatic rings. The molecule has 0 saturated carbocycles. The van der Waals surface area contributed by atoms with E-state index >= 15 is 0 Å². The van der Waals surface area contributed by atoms with Gasteiger partial charge in [-0.15, -0.1) is 0 Å². The Balaban J connectivity index is 1.96. The average Bonchev–Trinajstić information content (AvgIpc) is 2.35. The number of aliphatic carboxylic acids is 1. The number of carbonyl (C=O) groups is 1. The molecular formula is C12H22N2O3. The second-order valence-corrected chi connectivity index (χ2v) is 5.06. The molecule has 3 heterocycles. The number of hydrogen-bond donors (Lipinski definition) is 1. The lowest BCUT2D eigenvalue weighted by molar-refractivity contribution is -0.140. The molecule has 5 heteroatoms. The molecular weight excluding hydrogens is 220 g/mol. The number of piperidine rings is 3. The van der Waals surface area contributed by atoms with Gasteiger partial charge >= 0.3 is 5.97 Å². The van der Waals surface area contributed by atoms with E-state index in [1.54, 1.807) is 7.11 Å². The predicted octanol–water partition coefficient (Wildman–Crippen LogP) is 0.114. The number of nitrogens with zero attached hydrogens (tertiary/aromatic N) is 2. The topological polar surface area (TPSA) is 53.0 Å². The lowest BCUT2D eigenvalue weighted by Crippen LogP contribution is -2.58. The van der Waals surface area contributed by atoms with E-state index in [9.17, 15) is 4.79 Å². The first-order valence-electron chi connectivity index (χ1n) is 6.38. The number of hydrogen-bond acceptors (Lipinski definition) is 4. The number of carboxylic acid groups (broad SMARTS) is 1. The monoisotopic (exact) mass is 242 g/mol. The van der Waals surface area contributed by atoms with Gasteiger partial charge in [0.05, 0.1) is 13.2 Å². The Hall–Kier alpha value is -0.650. The Labute approximate surface area is 102 Å². The summed E-state index contributed by atoms with van der Waals surface area (Å²) < 4.78 is 5.08. The molecule has 3 aliphatic heterocycles. The van der Waals surface area contributed by atoms with Crippen LogP contribution >= 0.6 is 0 Å². The van der Waals surface area contributed by atoms with Crippen LogP contribution in [0.25, 0.3) is 0 Å². The van der Waals surface area contributed by atoms with Gasteiger partial charge in [0, 0.05) is 26.2 Å². The van der Waals surface area contributed by atoms with Gasteiger partial charge in [-0.2, -0.15) is 0 Å². The molecule has 0 aliphatic carbocycles. The molecule has 3 rings (SSSR count). The van der Waals surface area contributed by atoms with E-state index in [4.69, 9.17) is 9.84 Å². The van der Waals surface area contributed by atoms with Crippen molar-refractivity contribution in [3.8, 4) is 0 Å². The predicted molar refractivity (Wildman–Crippen MR) is 64.0 cm³/mol. The number of rotatable bonds is 6. The van der Waals surface area contributed by atoms with Crippen molar-refractivity contribution in [1.29, 1.82) is 0 Å². The van der Waals surface area contributed by atoms with Crippen LogP contribution in [-0.2, 0) is 9.53 Å². The molecule has 0 aromatic carbocycles. The Bertz CT molecular complexity index is 264. The van der Waals surface area contributed by atoms with Gasteiger partial charge in [0.1, 0.15) is 0 Å². The molecule has 2 bridgehead atoms. The van der Waals surface area contributed by atoms with E-state index in [1.165, 1.54) is 25.9 Å². The molecule has 3 fully saturated rings. The van der Waals surface area contributed by atoms with E-state index in [1.807, 2.05) is 0 Å². The molecule has 1 atom stereocenters. The van der Waals surface area contributed by atoms with E-state index in [-0.39, 0.29) is 6.54 Å². The largest absolute Gasteiger partial charge is 0.480 e. The van der Waals surface area contributed by atoms with Crippen molar-refractivity contribution in [2.75, 3.05) is 46.4 Å². The quantitative estimate of drug-likeness (QED) is 0.716. The molecule has 1 unspecified atom stereocenters. The fourth-order valence-corrected chi connectivity index (χ4v) is 3.09. The van der Waals surface area contributed by atoms with Crippen molar-refractivity contribution < 1.29 is 14.6 Å². The summed E-state index contributed by atoms with van der Waals surface area (Å²) in [6.45, 7) is 4.87. The number of methoxy groups -OCH3 is 1. The molecule has 98 valence electrons. The maximum atomic E-state index is 10.9. The normalized spacial score (nSPS) is 32.0. The van der Waals surface area contributed by atoms with Crippen molar-refractivity contribution in [1.82, 2.24) is 9.80 Å². The molecule has 17 heavy (non-hydrogen) atoms. The summed E-state index contributed by atoms with van der Waals surface area (Å²) in [4.78, 5) is 15.5. The highest BCUT2D eigenvalue weighted by Gasteiger charge is 2.37. The Morgan fingerprint density at radius 3 is 2.65 bits per heavy atom. The van der Waals surface area contributed by atoms with Gasteiger partial charge in [-0.1, -0.05) is 0 Å². The van der Waals surface area contributed by atoms with Crippen molar-refractivity contribution >= 4 is 5.97 Å². The van der Waals surface area contributed by atoms with Gasteiger partial charge in [0.15, 0.2) is 0 Å². The first-order valence-corrected chi connectivity index (χ1v) is 6.38. The van der Waals surface area contributed by atoms with E-state index in [2.05, 4.69) is 9.80 Å². The van der Waals surface area contributed by atoms with Gasteiger partial charge in [-0.05, 0) is 31.8 Å². The summed E-state index contributed by atoms with van der Waals surface area (Å²) in [6, 6.07) is 0.406. The molecule has 5 nitrogen and oxygen atoms in total. The van der Waals surface area contributed by atoms with Gasteiger partial charge in [0.2, 0.25) is 0 Å². The zero-order valence-corrected chi connectivity index (χ0v) is 10.5. The molecule has 0 radical (unpaired) electrons. The standard InChI is InChI=1S/C12H22N2O3/c1-17-7-6-14(9-12(15)16)11-8-13-4-2-10(11)3-5-13/h10-11H,2-9H2,1H3,(H,15,16). The van der Waals surface area contributed by atoms with E-state index in [0.717, 1.165) is 13.1 Å². The maximum absolute atomic E-state index is 10.9. The summed E-state index contributed by atoms with van der Waals surface area (Å²) in [5.41, 5.74) is 0. The van der Waals surface area contributed by atoms with Crippen LogP contribution in [0, 0.1) is 5.92 Å². The van der Waals surface area contributed by atoms with Crippen LogP contribution in [-0.4, -0.2) is 73.4 Å². The van der Waals surface area contributed by atoms with Crippen LogP contribution in [0.4, 0.5) is 0 Å². The Morgan fingerprint density at radius 2 is 2.18 bits per heavy atom. The van der Waals surface area contributed by atoms with E-state index < -0.39 is 5.97 Å². The van der Waals surface area contributed by atoms with Gasteiger partial charge < -0.3 is 14.7 Å². The third-order valence-corrected chi connectivity index (χ3v) is 4.01. The highest BCUT2D eigenvalue weighted by molar-refractivity contribution is 5.69. The minimum absolute atomic E-state index is 0.137. The van der Waals surface area contributed by atoms with Crippen molar-refractivity contribution in [3.05, 3.63) is 0 Å². The van der Waals surface area contributed by atoms with Crippen LogP contribution in [0.5, 0.6) is 0 Å². The number of ether oxygens (including phenoxy) is 1. The molecule has 0 aromatic heterocycles. The van der Waals surface area contributed by atoms with Gasteiger partial charge in [-0.25, -0.2) is 0 Å². The summed E-state index contributed by atoms with van der Waals surface area (Å²) in [6.07, 6.45) is 2.43. The summed E-state index contributed by atoms with van der Waals surface area (Å²) in [7, 11) is 1.66. The van der Waals surface area contributed by atoms with Crippen LogP contribution in [0.15, 0.2) is 0 Å². The first-order chi connectivity index (χ1) is 8.20. The third kappa shape index (κ3) is 3.18. The van der Waals surface area contributed by atoms with Crippen molar-refractivity contribution in [3.63, 3.8) is 0 Å². The fraction of sp³-hybridized carbons (Fsp3) is 0.917. The zero-order valence-electron chi connectivity index (χ0n) is 10.5. The molecule has 0 spiro atoms. The maximum Gasteiger partial charge on any atom is 0.317 e.